The van der Waals surface area contributed by atoms with Crippen LogP contribution in [-0.4, -0.2) is 30.0 Å². The number of nitrogens with two attached hydrogens (primary N) is 1. The van der Waals surface area contributed by atoms with Crippen LogP contribution in [0.4, 0.5) is 0 Å². The first-order valence-corrected chi connectivity index (χ1v) is 14.8. The van der Waals surface area contributed by atoms with E-state index < -0.39 is 5.60 Å². The van der Waals surface area contributed by atoms with Crippen LogP contribution in [0.1, 0.15) is 113 Å². The molecule has 0 amide bonds. The van der Waals surface area contributed by atoms with Crippen LogP contribution in [0.5, 0.6) is 0 Å². The SMILES string of the molecule is CC1(C)CCC23CC[C@@]4(C)C(CCC5[C@@]6(C)CCC(O)(CN)C(C)(C)C6CC[C@]54C)C2C1OC3. The third kappa shape index (κ3) is 2.56. The van der Waals surface area contributed by atoms with Gasteiger partial charge >= 0.3 is 0 Å². The van der Waals surface area contributed by atoms with E-state index in [9.17, 15) is 5.11 Å². The number of fused-ring (bicyclic) bond motifs is 5. The molecule has 1 saturated heterocycles. The second-order valence-corrected chi connectivity index (χ2v) is 16.2. The molecule has 0 aromatic heterocycles. The third-order valence-corrected chi connectivity index (χ3v) is 14.9. The van der Waals surface area contributed by atoms with Crippen molar-refractivity contribution < 1.29 is 9.84 Å². The van der Waals surface area contributed by atoms with Crippen LogP contribution >= 0.6 is 0 Å². The van der Waals surface area contributed by atoms with Crippen LogP contribution in [0.15, 0.2) is 0 Å². The summed E-state index contributed by atoms with van der Waals surface area (Å²) in [4.78, 5) is 0. The molecule has 0 aromatic carbocycles. The molecule has 6 fully saturated rings. The zero-order valence-corrected chi connectivity index (χ0v) is 23.3. The molecule has 3 N–H and O–H groups in total. The average molecular weight is 472 g/mol. The van der Waals surface area contributed by atoms with Crippen molar-refractivity contribution >= 4 is 0 Å². The molecule has 0 spiro atoms. The minimum absolute atomic E-state index is 0.120. The van der Waals surface area contributed by atoms with Gasteiger partial charge in [-0.2, -0.15) is 0 Å². The van der Waals surface area contributed by atoms with Gasteiger partial charge in [0.2, 0.25) is 0 Å². The summed E-state index contributed by atoms with van der Waals surface area (Å²) >= 11 is 0. The Balaban J connectivity index is 1.38. The van der Waals surface area contributed by atoms with Crippen molar-refractivity contribution in [1.29, 1.82) is 0 Å². The molecule has 194 valence electrons. The lowest BCUT2D eigenvalue weighted by molar-refractivity contribution is -0.266. The minimum atomic E-state index is -0.715. The Morgan fingerprint density at radius 3 is 2.18 bits per heavy atom. The van der Waals surface area contributed by atoms with Crippen molar-refractivity contribution in [3.05, 3.63) is 0 Å². The van der Waals surface area contributed by atoms with E-state index in [0.717, 1.165) is 37.2 Å². The molecule has 0 radical (unpaired) electrons. The molecule has 3 nitrogen and oxygen atoms in total. The molecule has 34 heavy (non-hydrogen) atoms. The Bertz CT molecular complexity index is 867. The fourth-order valence-electron chi connectivity index (χ4n) is 12.4. The normalized spacial score (nSPS) is 59.4. The van der Waals surface area contributed by atoms with Crippen molar-refractivity contribution in [2.24, 2.45) is 61.9 Å². The number of rotatable bonds is 1. The lowest BCUT2D eigenvalue weighted by Crippen LogP contribution is -2.70. The largest absolute Gasteiger partial charge is 0.388 e. The van der Waals surface area contributed by atoms with E-state index >= 15 is 0 Å². The van der Waals surface area contributed by atoms with Gasteiger partial charge in [0.05, 0.1) is 18.3 Å². The molecule has 6 rings (SSSR count). The first kappa shape index (κ1) is 24.2. The van der Waals surface area contributed by atoms with Gasteiger partial charge in [-0.05, 0) is 120 Å². The number of ether oxygens (including phenoxy) is 1. The maximum atomic E-state index is 11.6. The van der Waals surface area contributed by atoms with E-state index in [4.69, 9.17) is 10.5 Å². The van der Waals surface area contributed by atoms with E-state index in [1.54, 1.807) is 0 Å². The van der Waals surface area contributed by atoms with E-state index in [0.29, 0.717) is 45.6 Å². The monoisotopic (exact) mass is 471 g/mol. The first-order valence-electron chi connectivity index (χ1n) is 14.8. The molecular formula is C31H53NO2. The first-order chi connectivity index (χ1) is 15.7. The number of hydrogen-bond acceptors (Lipinski definition) is 3. The molecular weight excluding hydrogens is 418 g/mol. The highest BCUT2D eigenvalue weighted by atomic mass is 16.5. The fraction of sp³-hybridized carbons (Fsp3) is 1.00. The van der Waals surface area contributed by atoms with Crippen molar-refractivity contribution in [1.82, 2.24) is 0 Å². The predicted octanol–water partition coefficient (Wildman–Crippen LogP) is 6.57. The van der Waals surface area contributed by atoms with Gasteiger partial charge in [-0.3, -0.25) is 0 Å². The predicted molar refractivity (Wildman–Crippen MR) is 138 cm³/mol. The van der Waals surface area contributed by atoms with Crippen LogP contribution in [-0.2, 0) is 4.74 Å². The van der Waals surface area contributed by atoms with Crippen LogP contribution in [0.25, 0.3) is 0 Å². The molecule has 1 aliphatic heterocycles. The van der Waals surface area contributed by atoms with Crippen molar-refractivity contribution in [2.75, 3.05) is 13.2 Å². The summed E-state index contributed by atoms with van der Waals surface area (Å²) in [5.74, 6) is 2.89. The molecule has 2 bridgehead atoms. The van der Waals surface area contributed by atoms with Gasteiger partial charge in [-0.25, -0.2) is 0 Å². The molecule has 5 aliphatic carbocycles. The quantitative estimate of drug-likeness (QED) is 0.455. The van der Waals surface area contributed by atoms with Crippen LogP contribution in [0.2, 0.25) is 0 Å². The van der Waals surface area contributed by atoms with E-state index in [-0.39, 0.29) is 5.41 Å². The Labute approximate surface area is 209 Å². The zero-order valence-electron chi connectivity index (χ0n) is 23.3. The summed E-state index contributed by atoms with van der Waals surface area (Å²) in [6, 6.07) is 0. The maximum Gasteiger partial charge on any atom is 0.0823 e. The summed E-state index contributed by atoms with van der Waals surface area (Å²) in [5.41, 5.74) is 7.26. The third-order valence-electron chi connectivity index (χ3n) is 14.9. The van der Waals surface area contributed by atoms with Crippen molar-refractivity contribution in [2.45, 2.75) is 124 Å². The molecule has 5 saturated carbocycles. The van der Waals surface area contributed by atoms with Gasteiger partial charge in [-0.1, -0.05) is 48.5 Å². The van der Waals surface area contributed by atoms with Crippen LogP contribution in [0, 0.1) is 56.2 Å². The highest BCUT2D eigenvalue weighted by Gasteiger charge is 2.73. The number of aliphatic hydroxyl groups is 1. The van der Waals surface area contributed by atoms with E-state index in [2.05, 4.69) is 48.5 Å². The topological polar surface area (TPSA) is 55.5 Å². The molecule has 10 atom stereocenters. The van der Waals surface area contributed by atoms with E-state index in [1.165, 1.54) is 51.4 Å². The van der Waals surface area contributed by atoms with Crippen LogP contribution in [0.3, 0.4) is 0 Å². The summed E-state index contributed by atoms with van der Waals surface area (Å²) in [5, 5.41) is 11.6. The Morgan fingerprint density at radius 2 is 1.47 bits per heavy atom. The minimum Gasteiger partial charge on any atom is -0.388 e. The summed E-state index contributed by atoms with van der Waals surface area (Å²) in [7, 11) is 0. The smallest absolute Gasteiger partial charge is 0.0823 e. The Kier molecular flexibility index (Phi) is 4.88. The second kappa shape index (κ2) is 6.84. The lowest BCUT2D eigenvalue weighted by atomic mass is 9.31. The van der Waals surface area contributed by atoms with Gasteiger partial charge < -0.3 is 15.6 Å². The van der Waals surface area contributed by atoms with Crippen molar-refractivity contribution in [3.8, 4) is 0 Å². The summed E-state index contributed by atoms with van der Waals surface area (Å²) in [6.45, 7) is 19.1. The molecule has 6 aliphatic rings. The Hall–Kier alpha value is -0.120. The summed E-state index contributed by atoms with van der Waals surface area (Å²) in [6.07, 6.45) is 13.3. The lowest BCUT2D eigenvalue weighted by Gasteiger charge is -2.74. The fourth-order valence-corrected chi connectivity index (χ4v) is 12.4. The van der Waals surface area contributed by atoms with Gasteiger partial charge in [0, 0.05) is 6.54 Å². The average Bonchev–Trinajstić information content (AvgIpc) is 3.11. The van der Waals surface area contributed by atoms with Gasteiger partial charge in [0.25, 0.3) is 0 Å². The van der Waals surface area contributed by atoms with E-state index in [1.807, 2.05) is 0 Å². The van der Waals surface area contributed by atoms with Gasteiger partial charge in [0.15, 0.2) is 0 Å². The molecule has 7 unspecified atom stereocenters. The second-order valence-electron chi connectivity index (χ2n) is 16.2. The van der Waals surface area contributed by atoms with Crippen LogP contribution < -0.4 is 5.73 Å². The maximum absolute atomic E-state index is 11.6. The van der Waals surface area contributed by atoms with Gasteiger partial charge in [0.1, 0.15) is 0 Å². The number of hydrogen-bond donors (Lipinski definition) is 2. The summed E-state index contributed by atoms with van der Waals surface area (Å²) < 4.78 is 6.72. The highest BCUT2D eigenvalue weighted by Crippen LogP contribution is 2.78. The van der Waals surface area contributed by atoms with Gasteiger partial charge in [-0.15, -0.1) is 0 Å². The molecule has 3 heteroatoms. The Morgan fingerprint density at radius 1 is 0.765 bits per heavy atom. The molecule has 1 heterocycles. The van der Waals surface area contributed by atoms with Crippen molar-refractivity contribution in [3.63, 3.8) is 0 Å². The standard InChI is InChI=1S/C31H53NO2/c1-25(2)12-15-30-16-14-28(6)20(23(30)24(25)34-19-30)8-9-22-27(5)13-17-31(33,18-32)26(3,4)21(27)10-11-29(22,28)7/h20-24,33H,8-19,32H2,1-7H3/t20?,21?,22?,23?,24?,27-,28-,29+,30?,31?/m0/s1. The molecule has 0 aromatic rings. The zero-order chi connectivity index (χ0) is 24.6. The highest BCUT2D eigenvalue weighted by molar-refractivity contribution is 5.22.